The normalized spacial score (nSPS) is 13.9. The van der Waals surface area contributed by atoms with Gasteiger partial charge in [0.15, 0.2) is 0 Å². The lowest BCUT2D eigenvalue weighted by Crippen LogP contribution is -2.35. The van der Waals surface area contributed by atoms with Crippen molar-refractivity contribution in [1.82, 2.24) is 9.88 Å². The molecule has 164 valence electrons. The van der Waals surface area contributed by atoms with E-state index in [0.29, 0.717) is 18.8 Å². The van der Waals surface area contributed by atoms with Crippen molar-refractivity contribution in [1.29, 1.82) is 0 Å². The number of para-hydroxylation sites is 1. The van der Waals surface area contributed by atoms with E-state index in [1.807, 2.05) is 78.6 Å². The molecule has 1 aromatic heterocycles. The van der Waals surface area contributed by atoms with Gasteiger partial charge in [0.1, 0.15) is 5.82 Å². The molecule has 0 saturated carbocycles. The van der Waals surface area contributed by atoms with Crippen LogP contribution in [-0.2, 0) is 0 Å². The summed E-state index contributed by atoms with van der Waals surface area (Å²) in [5.74, 6) is 0.922. The van der Waals surface area contributed by atoms with Gasteiger partial charge < -0.3 is 20.4 Å². The summed E-state index contributed by atoms with van der Waals surface area (Å²) in [6.07, 6.45) is 2.53. The molecule has 3 amide bonds. The fourth-order valence-corrected chi connectivity index (χ4v) is 3.79. The van der Waals surface area contributed by atoms with E-state index in [1.165, 1.54) is 0 Å². The minimum atomic E-state index is -0.314. The number of carbonyl (C=O) groups excluding carboxylic acids is 2. The van der Waals surface area contributed by atoms with Crippen LogP contribution in [0.25, 0.3) is 0 Å². The Kier molecular flexibility index (Phi) is 6.65. The third-order valence-corrected chi connectivity index (χ3v) is 5.52. The Bertz CT molecular complexity index is 1070. The molecule has 32 heavy (non-hydrogen) atoms. The smallest absolute Gasteiger partial charge is 0.323 e. The number of urea groups is 1. The lowest BCUT2D eigenvalue weighted by molar-refractivity contribution is 0.0766. The summed E-state index contributed by atoms with van der Waals surface area (Å²) in [7, 11) is 0. The van der Waals surface area contributed by atoms with Crippen LogP contribution in [0.1, 0.15) is 22.3 Å². The Hall–Kier alpha value is -3.87. The molecule has 1 fully saturated rings. The average molecular weight is 430 g/mol. The van der Waals surface area contributed by atoms with Gasteiger partial charge in [-0.15, -0.1) is 0 Å². The van der Waals surface area contributed by atoms with Gasteiger partial charge in [-0.25, -0.2) is 9.78 Å². The van der Waals surface area contributed by atoms with Crippen molar-refractivity contribution in [3.63, 3.8) is 0 Å². The standard InChI is InChI=1S/C25H27N5O2/c1-19-8-5-6-11-22(19)24(31)30-15-7-14-29(16-17-30)23-13-12-21(18-26-23)28-25(32)27-20-9-3-2-4-10-20/h2-6,8-13,18H,7,14-17H2,1H3,(H2,27,28,32). The van der Waals surface area contributed by atoms with Crippen LogP contribution in [0, 0.1) is 6.92 Å². The highest BCUT2D eigenvalue weighted by molar-refractivity contribution is 5.99. The van der Waals surface area contributed by atoms with Crippen LogP contribution in [0.2, 0.25) is 0 Å². The van der Waals surface area contributed by atoms with Crippen molar-refractivity contribution in [2.45, 2.75) is 13.3 Å². The molecule has 7 heteroatoms. The molecule has 0 atom stereocenters. The number of carbonyl (C=O) groups is 2. The maximum Gasteiger partial charge on any atom is 0.323 e. The number of nitrogens with zero attached hydrogens (tertiary/aromatic N) is 3. The number of amides is 3. The average Bonchev–Trinajstić information content (AvgIpc) is 3.06. The van der Waals surface area contributed by atoms with Gasteiger partial charge >= 0.3 is 6.03 Å². The third kappa shape index (κ3) is 5.24. The molecule has 2 N–H and O–H groups in total. The van der Waals surface area contributed by atoms with E-state index in [4.69, 9.17) is 0 Å². The van der Waals surface area contributed by atoms with Crippen molar-refractivity contribution in [3.8, 4) is 0 Å². The second-order valence-corrected chi connectivity index (χ2v) is 7.80. The molecule has 0 bridgehead atoms. The number of rotatable bonds is 4. The number of hydrogen-bond donors (Lipinski definition) is 2. The Morgan fingerprint density at radius 1 is 0.812 bits per heavy atom. The van der Waals surface area contributed by atoms with Gasteiger partial charge in [0, 0.05) is 37.4 Å². The third-order valence-electron chi connectivity index (χ3n) is 5.52. The first-order chi connectivity index (χ1) is 15.6. The first-order valence-corrected chi connectivity index (χ1v) is 10.8. The fraction of sp³-hybridized carbons (Fsp3) is 0.240. The van der Waals surface area contributed by atoms with Crippen LogP contribution in [0.4, 0.5) is 22.0 Å². The SMILES string of the molecule is Cc1ccccc1C(=O)N1CCCN(c2ccc(NC(=O)Nc3ccccc3)cn2)CC1. The van der Waals surface area contributed by atoms with Crippen LogP contribution in [0.5, 0.6) is 0 Å². The summed E-state index contributed by atoms with van der Waals surface area (Å²) >= 11 is 0. The van der Waals surface area contributed by atoms with Gasteiger partial charge in [-0.3, -0.25) is 4.79 Å². The molecule has 2 heterocycles. The Labute approximate surface area is 188 Å². The van der Waals surface area contributed by atoms with Crippen molar-refractivity contribution in [2.75, 3.05) is 41.7 Å². The molecule has 0 unspecified atom stereocenters. The summed E-state index contributed by atoms with van der Waals surface area (Å²) in [6, 6.07) is 20.4. The highest BCUT2D eigenvalue weighted by atomic mass is 16.2. The lowest BCUT2D eigenvalue weighted by Gasteiger charge is -2.23. The molecular formula is C25H27N5O2. The second-order valence-electron chi connectivity index (χ2n) is 7.80. The van der Waals surface area contributed by atoms with Crippen LogP contribution in [-0.4, -0.2) is 48.0 Å². The molecule has 4 rings (SSSR count). The van der Waals surface area contributed by atoms with Crippen molar-refractivity contribution < 1.29 is 9.59 Å². The quantitative estimate of drug-likeness (QED) is 0.645. The minimum Gasteiger partial charge on any atom is -0.355 e. The van der Waals surface area contributed by atoms with E-state index in [2.05, 4.69) is 20.5 Å². The van der Waals surface area contributed by atoms with E-state index in [9.17, 15) is 9.59 Å². The monoisotopic (exact) mass is 429 g/mol. The number of nitrogens with one attached hydrogen (secondary N) is 2. The van der Waals surface area contributed by atoms with Crippen LogP contribution in [0.15, 0.2) is 72.9 Å². The van der Waals surface area contributed by atoms with E-state index >= 15 is 0 Å². The summed E-state index contributed by atoms with van der Waals surface area (Å²) < 4.78 is 0. The molecule has 0 aliphatic carbocycles. The Morgan fingerprint density at radius 2 is 1.56 bits per heavy atom. The maximum atomic E-state index is 12.9. The molecule has 2 aromatic carbocycles. The number of pyridine rings is 1. The molecule has 1 aliphatic heterocycles. The highest BCUT2D eigenvalue weighted by Gasteiger charge is 2.22. The van der Waals surface area contributed by atoms with Crippen molar-refractivity contribution >= 4 is 29.1 Å². The zero-order valence-corrected chi connectivity index (χ0v) is 18.1. The fourth-order valence-electron chi connectivity index (χ4n) is 3.79. The van der Waals surface area contributed by atoms with Gasteiger partial charge in [0.05, 0.1) is 11.9 Å². The zero-order chi connectivity index (χ0) is 22.3. The highest BCUT2D eigenvalue weighted by Crippen LogP contribution is 2.18. The Balaban J connectivity index is 1.34. The van der Waals surface area contributed by atoms with Crippen LogP contribution < -0.4 is 15.5 Å². The zero-order valence-electron chi connectivity index (χ0n) is 18.1. The summed E-state index contributed by atoms with van der Waals surface area (Å²) in [5, 5.41) is 5.58. The van der Waals surface area contributed by atoms with Gasteiger partial charge in [-0.05, 0) is 49.2 Å². The summed E-state index contributed by atoms with van der Waals surface area (Å²) in [4.78, 5) is 33.7. The van der Waals surface area contributed by atoms with E-state index in [1.54, 1.807) is 6.20 Å². The maximum absolute atomic E-state index is 12.9. The topological polar surface area (TPSA) is 77.6 Å². The van der Waals surface area contributed by atoms with E-state index < -0.39 is 0 Å². The molecule has 7 nitrogen and oxygen atoms in total. The van der Waals surface area contributed by atoms with Crippen molar-refractivity contribution in [2.24, 2.45) is 0 Å². The molecule has 1 aliphatic rings. The predicted molar refractivity (Wildman–Crippen MR) is 127 cm³/mol. The Morgan fingerprint density at radius 3 is 2.31 bits per heavy atom. The lowest BCUT2D eigenvalue weighted by atomic mass is 10.1. The minimum absolute atomic E-state index is 0.0851. The first kappa shape index (κ1) is 21.4. The van der Waals surface area contributed by atoms with Gasteiger partial charge in [0.25, 0.3) is 5.91 Å². The first-order valence-electron chi connectivity index (χ1n) is 10.8. The number of benzene rings is 2. The summed E-state index contributed by atoms with van der Waals surface area (Å²) in [5.41, 5.74) is 3.11. The molecule has 0 radical (unpaired) electrons. The van der Waals surface area contributed by atoms with Crippen LogP contribution >= 0.6 is 0 Å². The van der Waals surface area contributed by atoms with Crippen molar-refractivity contribution in [3.05, 3.63) is 84.1 Å². The van der Waals surface area contributed by atoms with E-state index in [-0.39, 0.29) is 11.9 Å². The number of aryl methyl sites for hydroxylation is 1. The summed E-state index contributed by atoms with van der Waals surface area (Å²) in [6.45, 7) is 4.88. The molecular weight excluding hydrogens is 402 g/mol. The van der Waals surface area contributed by atoms with Crippen LogP contribution in [0.3, 0.4) is 0 Å². The second kappa shape index (κ2) is 9.96. The number of aromatic nitrogens is 1. The predicted octanol–water partition coefficient (Wildman–Crippen LogP) is 4.39. The van der Waals surface area contributed by atoms with E-state index in [0.717, 1.165) is 42.1 Å². The molecule has 3 aromatic rings. The van der Waals surface area contributed by atoms with Gasteiger partial charge in [0.2, 0.25) is 0 Å². The molecule has 1 saturated heterocycles. The number of anilines is 3. The number of hydrogen-bond acceptors (Lipinski definition) is 4. The molecule has 0 spiro atoms. The van der Waals surface area contributed by atoms with Gasteiger partial charge in [-0.1, -0.05) is 36.4 Å². The van der Waals surface area contributed by atoms with Gasteiger partial charge in [-0.2, -0.15) is 0 Å². The largest absolute Gasteiger partial charge is 0.355 e.